The molecule has 3 heteroatoms. The quantitative estimate of drug-likeness (QED) is 0.262. The normalized spacial score (nSPS) is 11.5. The molecule has 0 heterocycles. The molecule has 0 aromatic rings. The summed E-state index contributed by atoms with van der Waals surface area (Å²) in [6.45, 7) is 5.22. The monoisotopic (exact) mass is 156 g/mol. The van der Waals surface area contributed by atoms with Gasteiger partial charge in [-0.25, -0.2) is 0 Å². The van der Waals surface area contributed by atoms with Gasteiger partial charge in [-0.05, 0) is 20.8 Å². The van der Waals surface area contributed by atoms with Crippen molar-refractivity contribution >= 4 is 12.3 Å². The van der Waals surface area contributed by atoms with Crippen LogP contribution >= 0.6 is 0 Å². The predicted octanol–water partition coefficient (Wildman–Crippen LogP) is 1.29. The van der Waals surface area contributed by atoms with Crippen LogP contribution in [0.4, 0.5) is 0 Å². The maximum Gasteiger partial charge on any atom is 0.316 e. The molecule has 0 atom stereocenters. The summed E-state index contributed by atoms with van der Waals surface area (Å²) in [5.41, 5.74) is -0.521. The van der Waals surface area contributed by atoms with Crippen molar-refractivity contribution in [3.8, 4) is 0 Å². The molecule has 0 rings (SSSR count). The van der Waals surface area contributed by atoms with Gasteiger partial charge in [0.1, 0.15) is 6.29 Å². The molecule has 0 spiro atoms. The number of esters is 1. The Labute approximate surface area is 66.0 Å². The van der Waals surface area contributed by atoms with E-state index in [-0.39, 0.29) is 5.97 Å². The maximum absolute atomic E-state index is 11.0. The van der Waals surface area contributed by atoms with Gasteiger partial charge in [0.15, 0.2) is 0 Å². The van der Waals surface area contributed by atoms with Gasteiger partial charge in [0, 0.05) is 6.08 Å². The second-order valence-corrected chi connectivity index (χ2v) is 3.12. The van der Waals surface area contributed by atoms with Gasteiger partial charge in [-0.3, -0.25) is 9.59 Å². The molecule has 0 N–H and O–H groups in total. The molecule has 0 aliphatic carbocycles. The fourth-order valence-corrected chi connectivity index (χ4v) is 0.310. The molecule has 0 aromatic carbocycles. The zero-order valence-corrected chi connectivity index (χ0v) is 6.96. The number of rotatable bonds is 2. The van der Waals surface area contributed by atoms with E-state index in [4.69, 9.17) is 0 Å². The van der Waals surface area contributed by atoms with Crippen molar-refractivity contribution in [2.75, 3.05) is 0 Å². The van der Waals surface area contributed by atoms with Gasteiger partial charge in [-0.15, -0.1) is 0 Å². The Morgan fingerprint density at radius 2 is 1.91 bits per heavy atom. The van der Waals surface area contributed by atoms with E-state index in [1.54, 1.807) is 20.8 Å². The summed E-state index contributed by atoms with van der Waals surface area (Å²) in [6.07, 6.45) is 2.76. The van der Waals surface area contributed by atoms with Crippen LogP contribution in [-0.2, 0) is 14.3 Å². The fraction of sp³-hybridized carbons (Fsp3) is 0.500. The van der Waals surface area contributed by atoms with E-state index < -0.39 is 5.41 Å². The van der Waals surface area contributed by atoms with Crippen LogP contribution in [-0.4, -0.2) is 12.3 Å². The predicted molar refractivity (Wildman–Crippen MR) is 40.8 cm³/mol. The van der Waals surface area contributed by atoms with E-state index in [0.717, 1.165) is 12.3 Å². The molecule has 0 aromatic heterocycles. The minimum Gasteiger partial charge on any atom is -0.434 e. The van der Waals surface area contributed by atoms with Gasteiger partial charge in [0.05, 0.1) is 11.7 Å². The molecule has 62 valence electrons. The van der Waals surface area contributed by atoms with Crippen molar-refractivity contribution in [1.29, 1.82) is 0 Å². The summed E-state index contributed by atoms with van der Waals surface area (Å²) in [5.74, 6) is -0.351. The van der Waals surface area contributed by atoms with E-state index in [0.29, 0.717) is 6.29 Å². The largest absolute Gasteiger partial charge is 0.434 e. The highest BCUT2D eigenvalue weighted by atomic mass is 16.5. The summed E-state index contributed by atoms with van der Waals surface area (Å²) in [6, 6.07) is 0. The first kappa shape index (κ1) is 9.88. The number of carbonyl (C=O) groups is 2. The third-order valence-electron chi connectivity index (χ3n) is 0.945. The standard InChI is InChI=1S/C8H12O3/c1-8(2,3)7(10)11-6-4-5-9/h4-6H,1-3H3/b6-4+. The van der Waals surface area contributed by atoms with Gasteiger partial charge in [0.25, 0.3) is 0 Å². The van der Waals surface area contributed by atoms with Crippen LogP contribution in [0, 0.1) is 5.41 Å². The van der Waals surface area contributed by atoms with Crippen molar-refractivity contribution in [3.63, 3.8) is 0 Å². The highest BCUT2D eigenvalue weighted by Gasteiger charge is 2.21. The van der Waals surface area contributed by atoms with Gasteiger partial charge < -0.3 is 4.74 Å². The zero-order valence-electron chi connectivity index (χ0n) is 6.96. The number of hydrogen-bond acceptors (Lipinski definition) is 3. The molecule has 0 saturated carbocycles. The molecule has 0 fully saturated rings. The number of hydrogen-bond donors (Lipinski definition) is 0. The number of ether oxygens (including phenoxy) is 1. The van der Waals surface area contributed by atoms with Crippen molar-refractivity contribution in [1.82, 2.24) is 0 Å². The Bertz CT molecular complexity index is 174. The first-order valence-corrected chi connectivity index (χ1v) is 3.30. The molecule has 3 nitrogen and oxygen atoms in total. The second kappa shape index (κ2) is 3.91. The zero-order chi connectivity index (χ0) is 8.91. The summed E-state index contributed by atoms with van der Waals surface area (Å²) in [5, 5.41) is 0. The Morgan fingerprint density at radius 1 is 1.36 bits per heavy atom. The molecule has 0 saturated heterocycles. The van der Waals surface area contributed by atoms with E-state index in [1.807, 2.05) is 0 Å². The lowest BCUT2D eigenvalue weighted by molar-refractivity contribution is -0.146. The minimum atomic E-state index is -0.521. The Balaban J connectivity index is 3.89. The fourth-order valence-electron chi connectivity index (χ4n) is 0.310. The number of aldehydes is 1. The van der Waals surface area contributed by atoms with E-state index in [2.05, 4.69) is 4.74 Å². The average Bonchev–Trinajstić information content (AvgIpc) is 1.86. The SMILES string of the molecule is CC(C)(C)C(=O)O/C=C/C=O. The van der Waals surface area contributed by atoms with Gasteiger partial charge in [-0.1, -0.05) is 0 Å². The van der Waals surface area contributed by atoms with Crippen LogP contribution in [0.25, 0.3) is 0 Å². The van der Waals surface area contributed by atoms with Crippen LogP contribution in [0.1, 0.15) is 20.8 Å². The summed E-state index contributed by atoms with van der Waals surface area (Å²) < 4.78 is 4.60. The van der Waals surface area contributed by atoms with Crippen molar-refractivity contribution in [3.05, 3.63) is 12.3 Å². The number of carbonyl (C=O) groups excluding carboxylic acids is 2. The van der Waals surface area contributed by atoms with Crippen LogP contribution in [0.15, 0.2) is 12.3 Å². The lowest BCUT2D eigenvalue weighted by atomic mass is 9.98. The van der Waals surface area contributed by atoms with Crippen LogP contribution in [0.2, 0.25) is 0 Å². The van der Waals surface area contributed by atoms with Gasteiger partial charge in [-0.2, -0.15) is 0 Å². The highest BCUT2D eigenvalue weighted by Crippen LogP contribution is 2.14. The summed E-state index contributed by atoms with van der Waals surface area (Å²) in [7, 11) is 0. The van der Waals surface area contributed by atoms with Crippen molar-refractivity contribution in [2.24, 2.45) is 5.41 Å². The molecular weight excluding hydrogens is 144 g/mol. The Morgan fingerprint density at radius 3 is 2.27 bits per heavy atom. The highest BCUT2D eigenvalue weighted by molar-refractivity contribution is 5.76. The average molecular weight is 156 g/mol. The molecule has 0 radical (unpaired) electrons. The summed E-state index contributed by atoms with van der Waals surface area (Å²) in [4.78, 5) is 20.7. The van der Waals surface area contributed by atoms with Gasteiger partial charge in [0.2, 0.25) is 0 Å². The van der Waals surface area contributed by atoms with Crippen LogP contribution in [0.5, 0.6) is 0 Å². The van der Waals surface area contributed by atoms with E-state index in [1.165, 1.54) is 0 Å². The summed E-state index contributed by atoms with van der Waals surface area (Å²) >= 11 is 0. The first-order valence-electron chi connectivity index (χ1n) is 3.30. The molecule has 0 unspecified atom stereocenters. The lowest BCUT2D eigenvalue weighted by Gasteiger charge is -2.13. The maximum atomic E-state index is 11.0. The Hall–Kier alpha value is -1.12. The molecule has 0 bridgehead atoms. The lowest BCUT2D eigenvalue weighted by Crippen LogP contribution is -2.20. The molecule has 0 aliphatic heterocycles. The van der Waals surface area contributed by atoms with Crippen molar-refractivity contribution in [2.45, 2.75) is 20.8 Å². The smallest absolute Gasteiger partial charge is 0.316 e. The van der Waals surface area contributed by atoms with Crippen LogP contribution in [0.3, 0.4) is 0 Å². The Kier molecular flexibility index (Phi) is 3.51. The van der Waals surface area contributed by atoms with Gasteiger partial charge >= 0.3 is 5.97 Å². The van der Waals surface area contributed by atoms with Crippen LogP contribution < -0.4 is 0 Å². The van der Waals surface area contributed by atoms with E-state index in [9.17, 15) is 9.59 Å². The first-order chi connectivity index (χ1) is 4.98. The molecule has 11 heavy (non-hydrogen) atoms. The third kappa shape index (κ3) is 4.31. The number of allylic oxidation sites excluding steroid dienone is 1. The minimum absolute atomic E-state index is 0.351. The third-order valence-corrected chi connectivity index (χ3v) is 0.945. The molecule has 0 aliphatic rings. The molecule has 0 amide bonds. The van der Waals surface area contributed by atoms with Crippen molar-refractivity contribution < 1.29 is 14.3 Å². The second-order valence-electron chi connectivity index (χ2n) is 3.12. The molecular formula is C8H12O3. The topological polar surface area (TPSA) is 43.4 Å². The van der Waals surface area contributed by atoms with E-state index >= 15 is 0 Å².